The van der Waals surface area contributed by atoms with Gasteiger partial charge in [-0.1, -0.05) is 25.1 Å². The number of thioether (sulfide) groups is 1. The van der Waals surface area contributed by atoms with E-state index < -0.39 is 11.9 Å². The minimum absolute atomic E-state index is 0.0785. The number of carbonyl (C=O) groups is 3. The first-order chi connectivity index (χ1) is 13.4. The number of rotatable bonds is 8. The van der Waals surface area contributed by atoms with Crippen LogP contribution >= 0.6 is 11.8 Å². The summed E-state index contributed by atoms with van der Waals surface area (Å²) in [6, 6.07) is 12.9. The first-order valence-corrected chi connectivity index (χ1v) is 9.70. The average molecular weight is 398 g/mol. The molecule has 0 saturated carbocycles. The van der Waals surface area contributed by atoms with E-state index in [1.807, 2.05) is 25.1 Å². The molecule has 0 bridgehead atoms. The van der Waals surface area contributed by atoms with Crippen LogP contribution in [-0.4, -0.2) is 28.6 Å². The number of aliphatic carboxylic acids is 1. The van der Waals surface area contributed by atoms with Gasteiger partial charge >= 0.3 is 5.97 Å². The predicted molar refractivity (Wildman–Crippen MR) is 112 cm³/mol. The summed E-state index contributed by atoms with van der Waals surface area (Å²) in [5.74, 6) is -1.51. The van der Waals surface area contributed by atoms with E-state index in [-0.39, 0.29) is 11.7 Å². The van der Waals surface area contributed by atoms with Gasteiger partial charge in [0.15, 0.2) is 0 Å². The Morgan fingerprint density at radius 2 is 1.75 bits per heavy atom. The highest BCUT2D eigenvalue weighted by Gasteiger charge is 2.09. The molecule has 2 aromatic carbocycles. The Labute approximate surface area is 168 Å². The lowest BCUT2D eigenvalue weighted by atomic mass is 10.1. The van der Waals surface area contributed by atoms with E-state index in [0.29, 0.717) is 5.69 Å². The van der Waals surface area contributed by atoms with Gasteiger partial charge in [-0.2, -0.15) is 0 Å². The number of anilines is 2. The maximum Gasteiger partial charge on any atom is 0.328 e. The number of carbonyl (C=O) groups excluding carboxylic acids is 2. The summed E-state index contributed by atoms with van der Waals surface area (Å²) >= 11 is 1.39. The van der Waals surface area contributed by atoms with Crippen LogP contribution in [-0.2, 0) is 20.8 Å². The van der Waals surface area contributed by atoms with Crippen LogP contribution in [0, 0.1) is 6.92 Å². The minimum Gasteiger partial charge on any atom is -0.478 e. The lowest BCUT2D eigenvalue weighted by Crippen LogP contribution is -2.16. The SMILES string of the molecule is CCc1cccc(C)c1NC(=O)CSc1ccc(NC(=O)C=CC(=O)O)cc1. The lowest BCUT2D eigenvalue weighted by Gasteiger charge is -2.13. The molecule has 2 rings (SSSR count). The van der Waals surface area contributed by atoms with Gasteiger partial charge in [0.25, 0.3) is 0 Å². The van der Waals surface area contributed by atoms with Crippen LogP contribution in [0.2, 0.25) is 0 Å². The standard InChI is InChI=1S/C21H22N2O4S/c1-3-15-6-4-5-14(2)21(15)23-19(25)13-28-17-9-7-16(8-10-17)22-18(24)11-12-20(26)27/h4-12H,3,13H2,1-2H3,(H,22,24)(H,23,25)(H,26,27). The van der Waals surface area contributed by atoms with E-state index in [1.54, 1.807) is 24.3 Å². The van der Waals surface area contributed by atoms with Crippen molar-refractivity contribution in [1.29, 1.82) is 0 Å². The molecule has 0 aliphatic rings. The van der Waals surface area contributed by atoms with Crippen molar-refractivity contribution < 1.29 is 19.5 Å². The normalized spacial score (nSPS) is 10.6. The quantitative estimate of drug-likeness (QED) is 0.463. The van der Waals surface area contributed by atoms with Crippen LogP contribution in [0.15, 0.2) is 59.5 Å². The molecule has 3 N–H and O–H groups in total. The Bertz CT molecular complexity index is 892. The number of aryl methyl sites for hydroxylation is 2. The van der Waals surface area contributed by atoms with Gasteiger partial charge in [0.1, 0.15) is 0 Å². The summed E-state index contributed by atoms with van der Waals surface area (Å²) in [7, 11) is 0. The van der Waals surface area contributed by atoms with Crippen LogP contribution < -0.4 is 10.6 Å². The van der Waals surface area contributed by atoms with Crippen LogP contribution in [0.1, 0.15) is 18.1 Å². The van der Waals surface area contributed by atoms with Crippen molar-refractivity contribution in [2.45, 2.75) is 25.2 Å². The molecule has 6 nitrogen and oxygen atoms in total. The number of carboxylic acid groups (broad SMARTS) is 1. The predicted octanol–water partition coefficient (Wildman–Crippen LogP) is 3.87. The maximum absolute atomic E-state index is 12.3. The maximum atomic E-state index is 12.3. The summed E-state index contributed by atoms with van der Waals surface area (Å²) in [6.45, 7) is 4.03. The molecular weight excluding hydrogens is 376 g/mol. The zero-order chi connectivity index (χ0) is 20.5. The number of hydrogen-bond acceptors (Lipinski definition) is 4. The monoisotopic (exact) mass is 398 g/mol. The van der Waals surface area contributed by atoms with Gasteiger partial charge in [-0.15, -0.1) is 11.8 Å². The summed E-state index contributed by atoms with van der Waals surface area (Å²) < 4.78 is 0. The molecule has 0 fully saturated rings. The van der Waals surface area contributed by atoms with Crippen molar-refractivity contribution in [3.05, 3.63) is 65.7 Å². The Morgan fingerprint density at radius 1 is 1.04 bits per heavy atom. The summed E-state index contributed by atoms with van der Waals surface area (Å²) in [5, 5.41) is 14.1. The third-order valence-corrected chi connectivity index (χ3v) is 4.89. The third-order valence-electron chi connectivity index (χ3n) is 3.87. The molecule has 0 radical (unpaired) electrons. The molecule has 2 amide bonds. The fourth-order valence-corrected chi connectivity index (χ4v) is 3.19. The highest BCUT2D eigenvalue weighted by molar-refractivity contribution is 8.00. The van der Waals surface area contributed by atoms with Gasteiger partial charge in [-0.05, 0) is 48.7 Å². The highest BCUT2D eigenvalue weighted by atomic mass is 32.2. The Kier molecular flexibility index (Phi) is 7.83. The topological polar surface area (TPSA) is 95.5 Å². The van der Waals surface area contributed by atoms with Gasteiger partial charge in [0.2, 0.25) is 11.8 Å². The van der Waals surface area contributed by atoms with Crippen LogP contribution in [0.5, 0.6) is 0 Å². The molecule has 28 heavy (non-hydrogen) atoms. The number of hydrogen-bond donors (Lipinski definition) is 3. The van der Waals surface area contributed by atoms with Crippen molar-refractivity contribution in [2.24, 2.45) is 0 Å². The summed E-state index contributed by atoms with van der Waals surface area (Å²) in [4.78, 5) is 35.1. The summed E-state index contributed by atoms with van der Waals surface area (Å²) in [6.07, 6.45) is 2.57. The summed E-state index contributed by atoms with van der Waals surface area (Å²) in [5.41, 5.74) is 3.56. The van der Waals surface area contributed by atoms with E-state index in [4.69, 9.17) is 5.11 Å². The molecule has 2 aromatic rings. The molecule has 146 valence electrons. The molecular formula is C21H22N2O4S. The third kappa shape index (κ3) is 6.59. The van der Waals surface area contributed by atoms with E-state index in [9.17, 15) is 14.4 Å². The first-order valence-electron chi connectivity index (χ1n) is 8.72. The van der Waals surface area contributed by atoms with Crippen LogP contribution in [0.25, 0.3) is 0 Å². The van der Waals surface area contributed by atoms with E-state index in [0.717, 1.165) is 40.3 Å². The largest absolute Gasteiger partial charge is 0.478 e. The fraction of sp³-hybridized carbons (Fsp3) is 0.190. The number of carboxylic acids is 1. The molecule has 0 aliphatic carbocycles. The number of para-hydroxylation sites is 1. The number of nitrogens with one attached hydrogen (secondary N) is 2. The van der Waals surface area contributed by atoms with E-state index >= 15 is 0 Å². The molecule has 7 heteroatoms. The van der Waals surface area contributed by atoms with Crippen molar-refractivity contribution in [1.82, 2.24) is 0 Å². The zero-order valence-electron chi connectivity index (χ0n) is 15.7. The van der Waals surface area contributed by atoms with Crippen molar-refractivity contribution >= 4 is 40.9 Å². The average Bonchev–Trinajstić information content (AvgIpc) is 2.67. The van der Waals surface area contributed by atoms with E-state index in [2.05, 4.69) is 17.6 Å². The molecule has 0 spiro atoms. The van der Waals surface area contributed by atoms with Crippen molar-refractivity contribution in [2.75, 3.05) is 16.4 Å². The Hall–Kier alpha value is -3.06. The smallest absolute Gasteiger partial charge is 0.328 e. The zero-order valence-corrected chi connectivity index (χ0v) is 16.5. The molecule has 0 unspecified atom stereocenters. The molecule has 0 saturated heterocycles. The van der Waals surface area contributed by atoms with Crippen LogP contribution in [0.4, 0.5) is 11.4 Å². The van der Waals surface area contributed by atoms with Gasteiger partial charge in [0.05, 0.1) is 5.75 Å². The van der Waals surface area contributed by atoms with Gasteiger partial charge in [-0.25, -0.2) is 4.79 Å². The van der Waals surface area contributed by atoms with Gasteiger partial charge < -0.3 is 15.7 Å². The Balaban J connectivity index is 1.89. The first kappa shape index (κ1) is 21.2. The van der Waals surface area contributed by atoms with Crippen LogP contribution in [0.3, 0.4) is 0 Å². The fourth-order valence-electron chi connectivity index (χ4n) is 2.49. The molecule has 0 aliphatic heterocycles. The number of amides is 2. The number of benzene rings is 2. The Morgan fingerprint density at radius 3 is 2.39 bits per heavy atom. The second kappa shape index (κ2) is 10.3. The minimum atomic E-state index is -1.18. The lowest BCUT2D eigenvalue weighted by molar-refractivity contribution is -0.131. The van der Waals surface area contributed by atoms with Gasteiger partial charge in [-0.3, -0.25) is 9.59 Å². The van der Waals surface area contributed by atoms with E-state index in [1.165, 1.54) is 11.8 Å². The van der Waals surface area contributed by atoms with Crippen molar-refractivity contribution in [3.63, 3.8) is 0 Å². The highest BCUT2D eigenvalue weighted by Crippen LogP contribution is 2.23. The molecule has 0 aromatic heterocycles. The second-order valence-electron chi connectivity index (χ2n) is 5.98. The van der Waals surface area contributed by atoms with Crippen molar-refractivity contribution in [3.8, 4) is 0 Å². The molecule has 0 atom stereocenters. The molecule has 0 heterocycles. The van der Waals surface area contributed by atoms with Gasteiger partial charge in [0, 0.05) is 28.4 Å². The second-order valence-corrected chi connectivity index (χ2v) is 7.03.